The van der Waals surface area contributed by atoms with Gasteiger partial charge >= 0.3 is 0 Å². The lowest BCUT2D eigenvalue weighted by molar-refractivity contribution is -0.412. The van der Waals surface area contributed by atoms with Gasteiger partial charge in [-0.2, -0.15) is 0 Å². The lowest BCUT2D eigenvalue weighted by Crippen LogP contribution is -2.09. The van der Waals surface area contributed by atoms with Gasteiger partial charge in [-0.15, -0.1) is 0 Å². The van der Waals surface area contributed by atoms with Crippen LogP contribution in [-0.4, -0.2) is 18.3 Å². The molecule has 2 atom stereocenters. The fraction of sp³-hybridized carbons (Fsp3) is 0.769. The van der Waals surface area contributed by atoms with E-state index in [1.165, 1.54) is 25.7 Å². The van der Waals surface area contributed by atoms with Crippen molar-refractivity contribution in [2.45, 2.75) is 46.5 Å². The molecule has 0 saturated carbocycles. The average Bonchev–Trinajstić information content (AvgIpc) is 2.16. The van der Waals surface area contributed by atoms with Crippen molar-refractivity contribution in [3.05, 3.63) is 12.3 Å². The number of unbranched alkanes of at least 4 members (excludes halogenated alkanes) is 1. The molecule has 0 amide bonds. The predicted molar refractivity (Wildman–Crippen MR) is 64.9 cm³/mol. The van der Waals surface area contributed by atoms with Crippen LogP contribution in [0.4, 0.5) is 0 Å². The van der Waals surface area contributed by atoms with E-state index < -0.39 is 0 Å². The van der Waals surface area contributed by atoms with Crippen LogP contribution >= 0.6 is 0 Å². The van der Waals surface area contributed by atoms with Gasteiger partial charge in [0.05, 0.1) is 0 Å². The van der Waals surface area contributed by atoms with Gasteiger partial charge in [-0.25, -0.2) is 4.58 Å². The number of hydrogen-bond acceptors (Lipinski definition) is 0. The van der Waals surface area contributed by atoms with E-state index in [2.05, 4.69) is 39.8 Å². The van der Waals surface area contributed by atoms with Gasteiger partial charge in [0.1, 0.15) is 13.8 Å². The summed E-state index contributed by atoms with van der Waals surface area (Å²) in [6.45, 7) is 10.7. The van der Waals surface area contributed by atoms with Gasteiger partial charge in [-0.05, 0) is 24.3 Å². The Bertz CT molecular complexity index is 182. The maximum absolute atomic E-state index is 3.82. The highest BCUT2D eigenvalue weighted by molar-refractivity contribution is 5.15. The summed E-state index contributed by atoms with van der Waals surface area (Å²) in [5.41, 5.74) is 0. The molecule has 1 heteroatoms. The minimum absolute atomic E-state index is 0.726. The van der Waals surface area contributed by atoms with Crippen molar-refractivity contribution in [2.75, 3.05) is 7.05 Å². The van der Waals surface area contributed by atoms with E-state index >= 15 is 0 Å². The van der Waals surface area contributed by atoms with Crippen LogP contribution in [0.25, 0.3) is 0 Å². The first kappa shape index (κ1) is 13.4. The first-order valence-electron chi connectivity index (χ1n) is 5.83. The topological polar surface area (TPSA) is 3.01 Å². The van der Waals surface area contributed by atoms with E-state index in [1.807, 2.05) is 11.6 Å². The molecule has 0 spiro atoms. The number of allylic oxidation sites excluding steroid dienone is 1. The maximum atomic E-state index is 3.82. The minimum Gasteiger partial charge on any atom is -0.215 e. The van der Waals surface area contributed by atoms with Crippen molar-refractivity contribution in [1.29, 1.82) is 0 Å². The Morgan fingerprint density at radius 3 is 2.43 bits per heavy atom. The Balaban J connectivity index is 4.16. The third kappa shape index (κ3) is 5.95. The molecule has 0 bridgehead atoms. The third-order valence-electron chi connectivity index (χ3n) is 2.85. The van der Waals surface area contributed by atoms with Gasteiger partial charge in [0.2, 0.25) is 0 Å². The van der Waals surface area contributed by atoms with Crippen molar-refractivity contribution in [1.82, 2.24) is 0 Å². The van der Waals surface area contributed by atoms with E-state index in [0.717, 1.165) is 11.8 Å². The fourth-order valence-electron chi connectivity index (χ4n) is 1.57. The number of hydrogen-bond donors (Lipinski definition) is 0. The lowest BCUT2D eigenvalue weighted by atomic mass is 9.87. The Morgan fingerprint density at radius 2 is 2.00 bits per heavy atom. The van der Waals surface area contributed by atoms with E-state index in [9.17, 15) is 0 Å². The molecule has 0 heterocycles. The van der Waals surface area contributed by atoms with Crippen LogP contribution in [0.15, 0.2) is 12.3 Å². The van der Waals surface area contributed by atoms with Gasteiger partial charge in [0.15, 0.2) is 6.20 Å². The van der Waals surface area contributed by atoms with Crippen LogP contribution in [0.2, 0.25) is 0 Å². The first-order valence-corrected chi connectivity index (χ1v) is 5.83. The summed E-state index contributed by atoms with van der Waals surface area (Å²) < 4.78 is 1.88. The highest BCUT2D eigenvalue weighted by Gasteiger charge is 2.12. The van der Waals surface area contributed by atoms with Crippen molar-refractivity contribution in [2.24, 2.45) is 11.8 Å². The summed E-state index contributed by atoms with van der Waals surface area (Å²) >= 11 is 0. The number of nitrogens with zero attached hydrogens (tertiary/aromatic N) is 1. The molecule has 0 aliphatic rings. The van der Waals surface area contributed by atoms with E-state index in [-0.39, 0.29) is 0 Å². The van der Waals surface area contributed by atoms with Crippen LogP contribution in [0, 0.1) is 11.8 Å². The normalized spacial score (nSPS) is 15.7. The molecule has 1 unspecified atom stereocenters. The molecule has 0 fully saturated rings. The van der Waals surface area contributed by atoms with Crippen LogP contribution in [0.1, 0.15) is 46.5 Å². The third-order valence-corrected chi connectivity index (χ3v) is 2.85. The van der Waals surface area contributed by atoms with Gasteiger partial charge in [0, 0.05) is 0 Å². The van der Waals surface area contributed by atoms with Crippen molar-refractivity contribution < 1.29 is 4.58 Å². The summed E-state index contributed by atoms with van der Waals surface area (Å²) in [6, 6.07) is 0. The van der Waals surface area contributed by atoms with Crippen LogP contribution < -0.4 is 0 Å². The Hall–Kier alpha value is -0.590. The average molecular weight is 196 g/mol. The SMILES string of the molecule is C=[N+](C)/C=C\[C@@H](CCCC)C(C)CC. The molecule has 1 nitrogen and oxygen atoms in total. The van der Waals surface area contributed by atoms with E-state index in [0.29, 0.717) is 0 Å². The van der Waals surface area contributed by atoms with Crippen molar-refractivity contribution in [3.8, 4) is 0 Å². The second-order valence-electron chi connectivity index (χ2n) is 4.29. The molecule has 0 saturated heterocycles. The van der Waals surface area contributed by atoms with Gasteiger partial charge < -0.3 is 0 Å². The molecular formula is C13H26N+. The second kappa shape index (κ2) is 7.78. The summed E-state index contributed by atoms with van der Waals surface area (Å²) in [6.07, 6.45) is 9.61. The Labute approximate surface area is 89.5 Å². The fourth-order valence-corrected chi connectivity index (χ4v) is 1.57. The zero-order valence-electron chi connectivity index (χ0n) is 10.3. The quantitative estimate of drug-likeness (QED) is 0.431. The minimum atomic E-state index is 0.726. The summed E-state index contributed by atoms with van der Waals surface area (Å²) in [5, 5.41) is 0. The van der Waals surface area contributed by atoms with Crippen LogP contribution in [-0.2, 0) is 0 Å². The lowest BCUT2D eigenvalue weighted by Gasteiger charge is -2.18. The molecule has 0 radical (unpaired) electrons. The second-order valence-corrected chi connectivity index (χ2v) is 4.29. The van der Waals surface area contributed by atoms with Gasteiger partial charge in [0.25, 0.3) is 0 Å². The molecule has 14 heavy (non-hydrogen) atoms. The summed E-state index contributed by atoms with van der Waals surface area (Å²) in [7, 11) is 1.98. The van der Waals surface area contributed by atoms with Gasteiger partial charge in [-0.1, -0.05) is 40.0 Å². The van der Waals surface area contributed by atoms with Crippen molar-refractivity contribution in [3.63, 3.8) is 0 Å². The van der Waals surface area contributed by atoms with E-state index in [4.69, 9.17) is 0 Å². The summed E-state index contributed by atoms with van der Waals surface area (Å²) in [4.78, 5) is 0. The standard InChI is InChI=1S/C13H26N/c1-6-8-9-13(12(3)7-2)10-11-14(4)5/h10-13H,4,6-9H2,1-3,5H3/q+1/b11-10-/t12?,13-/m1/s1. The largest absolute Gasteiger partial charge is 0.215 e. The molecule has 0 aromatic carbocycles. The molecule has 0 rings (SSSR count). The maximum Gasteiger partial charge on any atom is 0.164 e. The van der Waals surface area contributed by atoms with Crippen LogP contribution in [0.3, 0.4) is 0 Å². The van der Waals surface area contributed by atoms with Crippen molar-refractivity contribution >= 4 is 6.72 Å². The molecule has 0 aliphatic heterocycles. The highest BCUT2D eigenvalue weighted by atomic mass is 14.9. The summed E-state index contributed by atoms with van der Waals surface area (Å²) in [5.74, 6) is 1.52. The van der Waals surface area contributed by atoms with Crippen LogP contribution in [0.5, 0.6) is 0 Å². The Morgan fingerprint density at radius 1 is 1.36 bits per heavy atom. The number of rotatable bonds is 7. The first-order chi connectivity index (χ1) is 6.61. The molecule has 0 N–H and O–H groups in total. The molecule has 0 aliphatic carbocycles. The Kier molecular flexibility index (Phi) is 7.45. The molecular weight excluding hydrogens is 170 g/mol. The monoisotopic (exact) mass is 196 g/mol. The molecule has 0 aromatic heterocycles. The zero-order valence-corrected chi connectivity index (χ0v) is 10.3. The van der Waals surface area contributed by atoms with E-state index in [1.54, 1.807) is 0 Å². The zero-order chi connectivity index (χ0) is 11.0. The smallest absolute Gasteiger partial charge is 0.164 e. The molecule has 82 valence electrons. The highest BCUT2D eigenvalue weighted by Crippen LogP contribution is 2.22. The predicted octanol–water partition coefficient (Wildman–Crippen LogP) is 3.70. The van der Waals surface area contributed by atoms with Gasteiger partial charge in [-0.3, -0.25) is 0 Å². The molecule has 0 aromatic rings.